The average Bonchev–Trinajstić information content (AvgIpc) is 2.79. The van der Waals surface area contributed by atoms with Crippen molar-refractivity contribution in [2.24, 2.45) is 0 Å². The van der Waals surface area contributed by atoms with Crippen LogP contribution in [-0.2, 0) is 4.79 Å². The lowest BCUT2D eigenvalue weighted by atomic mass is 10.1. The Morgan fingerprint density at radius 1 is 0.903 bits per heavy atom. The van der Waals surface area contributed by atoms with E-state index in [0.29, 0.717) is 29.3 Å². The summed E-state index contributed by atoms with van der Waals surface area (Å²) in [4.78, 5) is 24.9. The van der Waals surface area contributed by atoms with Crippen molar-refractivity contribution in [1.29, 1.82) is 0 Å². The number of carbonyl (C=O) groups excluding carboxylic acids is 2. The highest BCUT2D eigenvalue weighted by Gasteiger charge is 2.12. The Kier molecular flexibility index (Phi) is 7.65. The van der Waals surface area contributed by atoms with Crippen LogP contribution in [0, 0.1) is 0 Å². The fourth-order valence-corrected chi connectivity index (χ4v) is 3.09. The molecule has 3 N–H and O–H groups in total. The Balaban J connectivity index is 1.54. The molecule has 6 heteroatoms. The van der Waals surface area contributed by atoms with Gasteiger partial charge >= 0.3 is 0 Å². The SMILES string of the molecule is CCOc1cccc(NC(=O)CNc2cccc(C(=O)NC(C)c3ccccc3)c2)c1. The van der Waals surface area contributed by atoms with Crippen LogP contribution in [0.1, 0.15) is 35.8 Å². The Hall–Kier alpha value is -3.80. The number of hydrogen-bond acceptors (Lipinski definition) is 4. The van der Waals surface area contributed by atoms with Crippen LogP contribution in [0.3, 0.4) is 0 Å². The van der Waals surface area contributed by atoms with Crippen LogP contribution < -0.4 is 20.7 Å². The average molecular weight is 418 g/mol. The maximum atomic E-state index is 12.6. The van der Waals surface area contributed by atoms with Gasteiger partial charge in [0.1, 0.15) is 5.75 Å². The van der Waals surface area contributed by atoms with Crippen molar-refractivity contribution < 1.29 is 14.3 Å². The number of amides is 2. The zero-order chi connectivity index (χ0) is 22.1. The summed E-state index contributed by atoms with van der Waals surface area (Å²) in [5, 5.41) is 8.89. The minimum absolute atomic E-state index is 0.0738. The van der Waals surface area contributed by atoms with E-state index in [1.54, 1.807) is 30.3 Å². The molecule has 2 amide bonds. The van der Waals surface area contributed by atoms with Crippen LogP contribution in [0.15, 0.2) is 78.9 Å². The van der Waals surface area contributed by atoms with Gasteiger partial charge in [-0.1, -0.05) is 42.5 Å². The van der Waals surface area contributed by atoms with Gasteiger partial charge in [-0.05, 0) is 49.7 Å². The van der Waals surface area contributed by atoms with Crippen molar-refractivity contribution in [1.82, 2.24) is 5.32 Å². The first-order chi connectivity index (χ1) is 15.0. The second-order valence-corrected chi connectivity index (χ2v) is 7.05. The van der Waals surface area contributed by atoms with Gasteiger partial charge in [0.25, 0.3) is 5.91 Å². The smallest absolute Gasteiger partial charge is 0.251 e. The number of rotatable bonds is 9. The standard InChI is InChI=1S/C25H27N3O3/c1-3-31-23-14-8-13-22(16-23)28-24(29)17-26-21-12-7-11-20(15-21)25(30)27-18(2)19-9-5-4-6-10-19/h4-16,18,26H,3,17H2,1-2H3,(H,27,30)(H,28,29). The third-order valence-corrected chi connectivity index (χ3v) is 4.65. The monoisotopic (exact) mass is 417 g/mol. The maximum Gasteiger partial charge on any atom is 0.251 e. The fraction of sp³-hybridized carbons (Fsp3) is 0.200. The molecule has 0 fully saturated rings. The Morgan fingerprint density at radius 3 is 2.42 bits per heavy atom. The molecule has 3 rings (SSSR count). The van der Waals surface area contributed by atoms with Gasteiger partial charge in [-0.25, -0.2) is 0 Å². The Bertz CT molecular complexity index is 1020. The molecule has 3 aromatic rings. The zero-order valence-electron chi connectivity index (χ0n) is 17.7. The summed E-state index contributed by atoms with van der Waals surface area (Å²) in [7, 11) is 0. The molecule has 1 atom stereocenters. The van der Waals surface area contributed by atoms with E-state index in [2.05, 4.69) is 16.0 Å². The van der Waals surface area contributed by atoms with Crippen molar-refractivity contribution in [2.45, 2.75) is 19.9 Å². The molecule has 0 heterocycles. The lowest BCUT2D eigenvalue weighted by Crippen LogP contribution is -2.26. The summed E-state index contributed by atoms with van der Waals surface area (Å²) in [6.07, 6.45) is 0. The van der Waals surface area contributed by atoms with Gasteiger partial charge in [-0.3, -0.25) is 9.59 Å². The van der Waals surface area contributed by atoms with E-state index >= 15 is 0 Å². The summed E-state index contributed by atoms with van der Waals surface area (Å²) in [6.45, 7) is 4.49. The summed E-state index contributed by atoms with van der Waals surface area (Å²) in [5.41, 5.74) is 2.92. The molecule has 0 aromatic heterocycles. The number of nitrogens with one attached hydrogen (secondary N) is 3. The van der Waals surface area contributed by atoms with E-state index in [1.807, 2.05) is 62.4 Å². The molecule has 0 saturated heterocycles. The van der Waals surface area contributed by atoms with Gasteiger partial charge in [0.15, 0.2) is 0 Å². The second-order valence-electron chi connectivity index (χ2n) is 7.05. The van der Waals surface area contributed by atoms with Gasteiger partial charge in [0.2, 0.25) is 5.91 Å². The number of benzene rings is 3. The minimum atomic E-state index is -0.193. The predicted octanol–water partition coefficient (Wildman–Crippen LogP) is 4.63. The molecule has 0 aliphatic carbocycles. The molecular weight excluding hydrogens is 390 g/mol. The lowest BCUT2D eigenvalue weighted by molar-refractivity contribution is -0.114. The largest absolute Gasteiger partial charge is 0.494 e. The second kappa shape index (κ2) is 10.8. The van der Waals surface area contributed by atoms with Crippen LogP contribution in [0.5, 0.6) is 5.75 Å². The highest BCUT2D eigenvalue weighted by atomic mass is 16.5. The van der Waals surface area contributed by atoms with E-state index in [9.17, 15) is 9.59 Å². The van der Waals surface area contributed by atoms with E-state index in [0.717, 1.165) is 5.56 Å². The molecule has 0 aliphatic heterocycles. The first-order valence-corrected chi connectivity index (χ1v) is 10.3. The van der Waals surface area contributed by atoms with E-state index < -0.39 is 0 Å². The first-order valence-electron chi connectivity index (χ1n) is 10.3. The highest BCUT2D eigenvalue weighted by Crippen LogP contribution is 2.18. The Labute approximate surface area is 182 Å². The number of ether oxygens (including phenoxy) is 1. The Morgan fingerprint density at radius 2 is 1.65 bits per heavy atom. The van der Waals surface area contributed by atoms with Crippen molar-refractivity contribution in [3.8, 4) is 5.75 Å². The molecule has 0 saturated carbocycles. The van der Waals surface area contributed by atoms with Crippen molar-refractivity contribution in [3.05, 3.63) is 90.0 Å². The molecule has 160 valence electrons. The summed E-state index contributed by atoms with van der Waals surface area (Å²) >= 11 is 0. The molecule has 0 bridgehead atoms. The molecule has 0 aliphatic rings. The van der Waals surface area contributed by atoms with Crippen molar-refractivity contribution >= 4 is 23.2 Å². The quantitative estimate of drug-likeness (QED) is 0.474. The van der Waals surface area contributed by atoms with Gasteiger partial charge in [-0.2, -0.15) is 0 Å². The molecule has 0 radical (unpaired) electrons. The molecule has 1 unspecified atom stereocenters. The normalized spacial score (nSPS) is 11.3. The van der Waals surface area contributed by atoms with Gasteiger partial charge < -0.3 is 20.7 Å². The lowest BCUT2D eigenvalue weighted by Gasteiger charge is -2.15. The summed E-state index contributed by atoms with van der Waals surface area (Å²) in [6, 6.07) is 24.0. The summed E-state index contributed by atoms with van der Waals surface area (Å²) < 4.78 is 5.44. The van der Waals surface area contributed by atoms with Gasteiger partial charge in [-0.15, -0.1) is 0 Å². The highest BCUT2D eigenvalue weighted by molar-refractivity contribution is 5.96. The predicted molar refractivity (Wildman–Crippen MR) is 123 cm³/mol. The van der Waals surface area contributed by atoms with Crippen LogP contribution in [0.25, 0.3) is 0 Å². The fourth-order valence-electron chi connectivity index (χ4n) is 3.09. The van der Waals surface area contributed by atoms with E-state index in [-0.39, 0.29) is 24.4 Å². The van der Waals surface area contributed by atoms with Crippen molar-refractivity contribution in [3.63, 3.8) is 0 Å². The number of hydrogen-bond donors (Lipinski definition) is 3. The third-order valence-electron chi connectivity index (χ3n) is 4.65. The number of carbonyl (C=O) groups is 2. The molecule has 31 heavy (non-hydrogen) atoms. The molecular formula is C25H27N3O3. The van der Waals surface area contributed by atoms with Crippen LogP contribution in [0.4, 0.5) is 11.4 Å². The molecule has 6 nitrogen and oxygen atoms in total. The van der Waals surface area contributed by atoms with E-state index in [4.69, 9.17) is 4.74 Å². The van der Waals surface area contributed by atoms with Crippen LogP contribution >= 0.6 is 0 Å². The topological polar surface area (TPSA) is 79.5 Å². The first kappa shape index (κ1) is 21.9. The van der Waals surface area contributed by atoms with Crippen LogP contribution in [-0.4, -0.2) is 25.0 Å². The third kappa shape index (κ3) is 6.60. The molecule has 0 spiro atoms. The van der Waals surface area contributed by atoms with Crippen molar-refractivity contribution in [2.75, 3.05) is 23.8 Å². The van der Waals surface area contributed by atoms with E-state index in [1.165, 1.54) is 0 Å². The summed E-state index contributed by atoms with van der Waals surface area (Å²) in [5.74, 6) is 0.343. The zero-order valence-corrected chi connectivity index (χ0v) is 17.7. The van der Waals surface area contributed by atoms with Gasteiger partial charge in [0.05, 0.1) is 19.2 Å². The maximum absolute atomic E-state index is 12.6. The van der Waals surface area contributed by atoms with Gasteiger partial charge in [0, 0.05) is 23.0 Å². The number of anilines is 2. The minimum Gasteiger partial charge on any atom is -0.494 e. The molecule has 3 aromatic carbocycles. The van der Waals surface area contributed by atoms with Crippen LogP contribution in [0.2, 0.25) is 0 Å².